The SMILES string of the molecule is Cc1cc(-c2nc3cccc(C)n3c2/C=C/C(=O)O)ccc1Cl. The van der Waals surface area contributed by atoms with Crippen LogP contribution < -0.4 is 0 Å². The molecule has 0 spiro atoms. The van der Waals surface area contributed by atoms with Gasteiger partial charge in [-0.05, 0) is 49.8 Å². The lowest BCUT2D eigenvalue weighted by Crippen LogP contribution is -1.94. The third-order valence-corrected chi connectivity index (χ3v) is 4.11. The lowest BCUT2D eigenvalue weighted by Gasteiger charge is -2.05. The van der Waals surface area contributed by atoms with Gasteiger partial charge < -0.3 is 5.11 Å². The molecule has 0 radical (unpaired) electrons. The van der Waals surface area contributed by atoms with Crippen LogP contribution in [0.1, 0.15) is 17.0 Å². The Hall–Kier alpha value is -2.59. The highest BCUT2D eigenvalue weighted by Gasteiger charge is 2.14. The van der Waals surface area contributed by atoms with Crippen LogP contribution in [0, 0.1) is 13.8 Å². The maximum Gasteiger partial charge on any atom is 0.328 e. The number of hydrogen-bond acceptors (Lipinski definition) is 2. The van der Waals surface area contributed by atoms with Gasteiger partial charge in [0.05, 0.1) is 11.4 Å². The summed E-state index contributed by atoms with van der Waals surface area (Å²) in [6.45, 7) is 3.89. The molecule has 5 heteroatoms. The molecule has 0 aliphatic heterocycles. The molecule has 4 nitrogen and oxygen atoms in total. The number of rotatable bonds is 3. The zero-order chi connectivity index (χ0) is 16.6. The Morgan fingerprint density at radius 1 is 1.26 bits per heavy atom. The average Bonchev–Trinajstić information content (AvgIpc) is 2.88. The van der Waals surface area contributed by atoms with E-state index in [2.05, 4.69) is 4.98 Å². The molecule has 2 aromatic heterocycles. The minimum absolute atomic E-state index is 0.691. The lowest BCUT2D eigenvalue weighted by molar-refractivity contribution is -0.131. The Morgan fingerprint density at radius 3 is 2.74 bits per heavy atom. The van der Waals surface area contributed by atoms with Crippen molar-refractivity contribution in [3.63, 3.8) is 0 Å². The Kier molecular flexibility index (Phi) is 3.92. The van der Waals surface area contributed by atoms with Gasteiger partial charge in [-0.1, -0.05) is 23.7 Å². The van der Waals surface area contributed by atoms with Gasteiger partial charge in [0.1, 0.15) is 5.65 Å². The van der Waals surface area contributed by atoms with Crippen molar-refractivity contribution < 1.29 is 9.90 Å². The molecule has 0 fully saturated rings. The van der Waals surface area contributed by atoms with Crippen molar-refractivity contribution in [1.82, 2.24) is 9.38 Å². The van der Waals surface area contributed by atoms with E-state index in [1.165, 1.54) is 0 Å². The average molecular weight is 327 g/mol. The summed E-state index contributed by atoms with van der Waals surface area (Å²) in [5, 5.41) is 9.65. The summed E-state index contributed by atoms with van der Waals surface area (Å²) in [5.74, 6) is -0.994. The van der Waals surface area contributed by atoms with E-state index in [1.54, 1.807) is 6.08 Å². The van der Waals surface area contributed by atoms with Crippen LogP contribution in [-0.2, 0) is 4.79 Å². The molecule has 1 N–H and O–H groups in total. The predicted molar refractivity (Wildman–Crippen MR) is 91.8 cm³/mol. The van der Waals surface area contributed by atoms with Gasteiger partial charge in [0.15, 0.2) is 0 Å². The van der Waals surface area contributed by atoms with E-state index in [1.807, 2.05) is 54.6 Å². The molecule has 0 amide bonds. The van der Waals surface area contributed by atoms with E-state index >= 15 is 0 Å². The largest absolute Gasteiger partial charge is 0.478 e. The first-order valence-electron chi connectivity index (χ1n) is 7.13. The van der Waals surface area contributed by atoms with Gasteiger partial charge in [-0.3, -0.25) is 4.40 Å². The van der Waals surface area contributed by atoms with Crippen molar-refractivity contribution in [3.8, 4) is 11.3 Å². The van der Waals surface area contributed by atoms with Gasteiger partial charge in [-0.25, -0.2) is 9.78 Å². The molecule has 1 aromatic carbocycles. The molecule has 0 saturated heterocycles. The predicted octanol–water partition coefficient (Wildman–Crippen LogP) is 4.37. The summed E-state index contributed by atoms with van der Waals surface area (Å²) in [5.41, 5.74) is 5.08. The standard InChI is InChI=1S/C18H15ClN2O2/c1-11-10-13(6-7-14(11)19)18-15(8-9-17(22)23)21-12(2)4-3-5-16(21)20-18/h3-10H,1-2H3,(H,22,23)/b9-8+. The van der Waals surface area contributed by atoms with Gasteiger partial charge in [-0.15, -0.1) is 0 Å². The van der Waals surface area contributed by atoms with Gasteiger partial charge in [-0.2, -0.15) is 0 Å². The van der Waals surface area contributed by atoms with Gasteiger partial charge in [0.2, 0.25) is 0 Å². The monoisotopic (exact) mass is 326 g/mol. The van der Waals surface area contributed by atoms with Crippen molar-refractivity contribution in [1.29, 1.82) is 0 Å². The number of aryl methyl sites for hydroxylation is 2. The summed E-state index contributed by atoms with van der Waals surface area (Å²) in [4.78, 5) is 15.6. The number of hydrogen-bond donors (Lipinski definition) is 1. The number of carboxylic acid groups (broad SMARTS) is 1. The Labute approximate surface area is 138 Å². The highest BCUT2D eigenvalue weighted by molar-refractivity contribution is 6.31. The second kappa shape index (κ2) is 5.89. The Balaban J connectivity index is 2.30. The normalized spacial score (nSPS) is 11.4. The van der Waals surface area contributed by atoms with Crippen LogP contribution >= 0.6 is 11.6 Å². The molecule has 0 saturated carbocycles. The molecule has 23 heavy (non-hydrogen) atoms. The van der Waals surface area contributed by atoms with E-state index in [4.69, 9.17) is 16.7 Å². The molecule has 116 valence electrons. The van der Waals surface area contributed by atoms with E-state index < -0.39 is 5.97 Å². The summed E-state index contributed by atoms with van der Waals surface area (Å²) in [7, 11) is 0. The van der Waals surface area contributed by atoms with Gasteiger partial charge >= 0.3 is 5.97 Å². The van der Waals surface area contributed by atoms with Crippen LogP contribution in [0.15, 0.2) is 42.5 Å². The third-order valence-electron chi connectivity index (χ3n) is 3.69. The first-order valence-corrected chi connectivity index (χ1v) is 7.51. The van der Waals surface area contributed by atoms with E-state index in [9.17, 15) is 4.79 Å². The Morgan fingerprint density at radius 2 is 2.04 bits per heavy atom. The van der Waals surface area contributed by atoms with Gasteiger partial charge in [0, 0.05) is 22.4 Å². The molecule has 2 heterocycles. The maximum absolute atomic E-state index is 10.9. The second-order valence-corrected chi connectivity index (χ2v) is 5.75. The summed E-state index contributed by atoms with van der Waals surface area (Å²) in [6, 6.07) is 11.5. The second-order valence-electron chi connectivity index (χ2n) is 5.34. The van der Waals surface area contributed by atoms with Crippen molar-refractivity contribution in [3.05, 3.63) is 64.4 Å². The molecule has 0 unspecified atom stereocenters. The van der Waals surface area contributed by atoms with Crippen LogP contribution in [0.4, 0.5) is 0 Å². The number of aliphatic carboxylic acids is 1. The van der Waals surface area contributed by atoms with Crippen LogP contribution in [0.3, 0.4) is 0 Å². The number of imidazole rings is 1. The molecule has 3 aromatic rings. The zero-order valence-corrected chi connectivity index (χ0v) is 13.5. The number of carbonyl (C=O) groups is 1. The van der Waals surface area contributed by atoms with Crippen LogP contribution in [0.2, 0.25) is 5.02 Å². The van der Waals surface area contributed by atoms with Crippen LogP contribution in [0.5, 0.6) is 0 Å². The molecular weight excluding hydrogens is 312 g/mol. The van der Waals surface area contributed by atoms with E-state index in [0.717, 1.165) is 39.9 Å². The Bertz CT molecular complexity index is 942. The minimum atomic E-state index is -0.994. The minimum Gasteiger partial charge on any atom is -0.478 e. The summed E-state index contributed by atoms with van der Waals surface area (Å²) < 4.78 is 1.94. The number of benzene rings is 1. The molecule has 0 atom stereocenters. The number of halogens is 1. The summed E-state index contributed by atoms with van der Waals surface area (Å²) in [6.07, 6.45) is 2.71. The first-order chi connectivity index (χ1) is 11.0. The fraction of sp³-hybridized carbons (Fsp3) is 0.111. The molecule has 0 bridgehead atoms. The van der Waals surface area contributed by atoms with Crippen LogP contribution in [-0.4, -0.2) is 20.5 Å². The first kappa shape index (κ1) is 15.3. The zero-order valence-electron chi connectivity index (χ0n) is 12.7. The quantitative estimate of drug-likeness (QED) is 0.727. The van der Waals surface area contributed by atoms with Crippen molar-refractivity contribution in [2.24, 2.45) is 0 Å². The molecular formula is C18H15ClN2O2. The number of carboxylic acids is 1. The number of fused-ring (bicyclic) bond motifs is 1. The maximum atomic E-state index is 10.9. The van der Waals surface area contributed by atoms with Crippen molar-refractivity contribution >= 4 is 29.3 Å². The lowest BCUT2D eigenvalue weighted by atomic mass is 10.1. The fourth-order valence-electron chi connectivity index (χ4n) is 2.59. The van der Waals surface area contributed by atoms with E-state index in [-0.39, 0.29) is 0 Å². The summed E-state index contributed by atoms with van der Waals surface area (Å²) >= 11 is 6.10. The number of aromatic nitrogens is 2. The van der Waals surface area contributed by atoms with Crippen molar-refractivity contribution in [2.75, 3.05) is 0 Å². The molecule has 0 aliphatic carbocycles. The fourth-order valence-corrected chi connectivity index (χ4v) is 2.71. The van der Waals surface area contributed by atoms with E-state index in [0.29, 0.717) is 5.02 Å². The number of nitrogens with zero attached hydrogens (tertiary/aromatic N) is 2. The van der Waals surface area contributed by atoms with Crippen LogP contribution in [0.25, 0.3) is 23.0 Å². The van der Waals surface area contributed by atoms with Gasteiger partial charge in [0.25, 0.3) is 0 Å². The molecule has 3 rings (SSSR count). The third kappa shape index (κ3) is 2.85. The highest BCUT2D eigenvalue weighted by Crippen LogP contribution is 2.29. The highest BCUT2D eigenvalue weighted by atomic mass is 35.5. The van der Waals surface area contributed by atoms with Crippen molar-refractivity contribution in [2.45, 2.75) is 13.8 Å². The smallest absolute Gasteiger partial charge is 0.328 e. The molecule has 0 aliphatic rings. The number of pyridine rings is 1. The topological polar surface area (TPSA) is 54.6 Å².